The molecule has 0 saturated heterocycles. The number of halogens is 1. The third-order valence-corrected chi connectivity index (χ3v) is 4.01. The number of hydrogen-bond donors (Lipinski definition) is 0. The van der Waals surface area contributed by atoms with E-state index in [2.05, 4.69) is 4.99 Å². The Bertz CT molecular complexity index is 924. The van der Waals surface area contributed by atoms with Gasteiger partial charge in [-0.25, -0.2) is 9.59 Å². The fourth-order valence-corrected chi connectivity index (χ4v) is 2.77. The van der Waals surface area contributed by atoms with Crippen molar-refractivity contribution in [1.82, 2.24) is 0 Å². The van der Waals surface area contributed by atoms with Crippen LogP contribution >= 0.6 is 11.6 Å². The smallest absolute Gasteiger partial charge is 0.342 e. The van der Waals surface area contributed by atoms with Crippen molar-refractivity contribution in [3.05, 3.63) is 64.7 Å². The Morgan fingerprint density at radius 3 is 2.10 bits per heavy atom. The third-order valence-electron chi connectivity index (χ3n) is 3.78. The lowest BCUT2D eigenvalue weighted by Crippen LogP contribution is -2.33. The van der Waals surface area contributed by atoms with Crippen LogP contribution in [0, 0.1) is 0 Å². The van der Waals surface area contributed by atoms with Crippen molar-refractivity contribution in [1.29, 1.82) is 0 Å². The van der Waals surface area contributed by atoms with E-state index in [9.17, 15) is 14.4 Å². The first kappa shape index (κ1) is 23.1. The van der Waals surface area contributed by atoms with Gasteiger partial charge in [-0.1, -0.05) is 41.9 Å². The van der Waals surface area contributed by atoms with E-state index in [0.717, 1.165) is 0 Å². The van der Waals surface area contributed by atoms with E-state index in [1.165, 1.54) is 13.0 Å². The molecular formula is C22H22ClNO6. The van der Waals surface area contributed by atoms with Gasteiger partial charge >= 0.3 is 17.9 Å². The van der Waals surface area contributed by atoms with Crippen LogP contribution in [-0.4, -0.2) is 42.9 Å². The maximum absolute atomic E-state index is 12.4. The zero-order valence-electron chi connectivity index (χ0n) is 16.9. The molecule has 7 nitrogen and oxygen atoms in total. The molecule has 0 N–H and O–H groups in total. The van der Waals surface area contributed by atoms with Crippen molar-refractivity contribution < 1.29 is 28.6 Å². The van der Waals surface area contributed by atoms with Gasteiger partial charge in [0.05, 0.1) is 18.9 Å². The largest absolute Gasteiger partial charge is 0.464 e. The van der Waals surface area contributed by atoms with Gasteiger partial charge in [0.25, 0.3) is 0 Å². The van der Waals surface area contributed by atoms with Crippen LogP contribution in [0.25, 0.3) is 0 Å². The van der Waals surface area contributed by atoms with Crippen LogP contribution in [0.15, 0.2) is 53.5 Å². The topological polar surface area (TPSA) is 91.3 Å². The summed E-state index contributed by atoms with van der Waals surface area (Å²) in [5, 5.41) is 0.355. The van der Waals surface area contributed by atoms with Crippen molar-refractivity contribution >= 4 is 35.2 Å². The number of ether oxygens (including phenoxy) is 3. The number of carbonyl (C=O) groups is 3. The first-order valence-corrected chi connectivity index (χ1v) is 9.70. The zero-order chi connectivity index (χ0) is 22.1. The Morgan fingerprint density at radius 1 is 0.967 bits per heavy atom. The monoisotopic (exact) mass is 431 g/mol. The average Bonchev–Trinajstić information content (AvgIpc) is 2.71. The Balaban J connectivity index is 2.72. The summed E-state index contributed by atoms with van der Waals surface area (Å²) in [7, 11) is 0. The molecule has 0 aliphatic carbocycles. The van der Waals surface area contributed by atoms with Crippen LogP contribution in [0.5, 0.6) is 5.75 Å². The first-order chi connectivity index (χ1) is 14.4. The summed E-state index contributed by atoms with van der Waals surface area (Å²) in [4.78, 5) is 40.8. The highest BCUT2D eigenvalue weighted by Gasteiger charge is 2.30. The van der Waals surface area contributed by atoms with Crippen LogP contribution in [0.1, 0.15) is 31.9 Å². The van der Waals surface area contributed by atoms with Gasteiger partial charge < -0.3 is 14.2 Å². The molecule has 0 saturated carbocycles. The van der Waals surface area contributed by atoms with Crippen molar-refractivity contribution in [2.24, 2.45) is 4.99 Å². The molecule has 30 heavy (non-hydrogen) atoms. The molecule has 0 spiro atoms. The second-order valence-corrected chi connectivity index (χ2v) is 6.42. The minimum Gasteiger partial charge on any atom is -0.464 e. The molecule has 0 aliphatic rings. The number of aliphatic imine (C=N–C) groups is 1. The van der Waals surface area contributed by atoms with Gasteiger partial charge in [0, 0.05) is 23.1 Å². The van der Waals surface area contributed by atoms with E-state index >= 15 is 0 Å². The zero-order valence-corrected chi connectivity index (χ0v) is 17.6. The Kier molecular flexibility index (Phi) is 8.55. The number of carbonyl (C=O) groups excluding carboxylic acids is 3. The highest BCUT2D eigenvalue weighted by molar-refractivity contribution is 6.31. The van der Waals surface area contributed by atoms with Crippen LogP contribution in [0.3, 0.4) is 0 Å². The molecule has 0 amide bonds. The van der Waals surface area contributed by atoms with Gasteiger partial charge in [-0.05, 0) is 32.0 Å². The average molecular weight is 432 g/mol. The summed E-state index contributed by atoms with van der Waals surface area (Å²) in [5.74, 6) is -2.06. The van der Waals surface area contributed by atoms with Crippen molar-refractivity contribution in [2.75, 3.05) is 13.2 Å². The fourth-order valence-electron chi connectivity index (χ4n) is 2.60. The summed E-state index contributed by atoms with van der Waals surface area (Å²) in [6.45, 7) is 4.65. The molecule has 0 atom stereocenters. The van der Waals surface area contributed by atoms with E-state index in [-0.39, 0.29) is 24.7 Å². The summed E-state index contributed by atoms with van der Waals surface area (Å²) >= 11 is 6.17. The Labute approximate surface area is 179 Å². The van der Waals surface area contributed by atoms with Gasteiger partial charge in [0.1, 0.15) is 5.75 Å². The maximum atomic E-state index is 12.4. The second-order valence-electron chi connectivity index (χ2n) is 5.98. The number of nitrogens with zero attached hydrogens (tertiary/aromatic N) is 1. The molecule has 0 unspecified atom stereocenters. The molecule has 0 aromatic heterocycles. The van der Waals surface area contributed by atoms with Crippen LogP contribution < -0.4 is 4.74 Å². The fraction of sp³-hybridized carbons (Fsp3) is 0.273. The highest BCUT2D eigenvalue weighted by Crippen LogP contribution is 2.27. The van der Waals surface area contributed by atoms with Gasteiger partial charge in [0.15, 0.2) is 0 Å². The van der Waals surface area contributed by atoms with Crippen LogP contribution in [0.4, 0.5) is 0 Å². The van der Waals surface area contributed by atoms with E-state index in [1.807, 2.05) is 0 Å². The lowest BCUT2D eigenvalue weighted by atomic mass is 10.0. The first-order valence-electron chi connectivity index (χ1n) is 9.32. The van der Waals surface area contributed by atoms with E-state index in [1.54, 1.807) is 56.3 Å². The summed E-state index contributed by atoms with van der Waals surface area (Å²) in [5.41, 5.74) is 1.13. The Hall–Kier alpha value is -3.19. The number of benzene rings is 2. The predicted molar refractivity (Wildman–Crippen MR) is 112 cm³/mol. The number of hydrogen-bond acceptors (Lipinski definition) is 7. The highest BCUT2D eigenvalue weighted by atomic mass is 35.5. The standard InChI is InChI=1S/C22H22ClNO6/c1-4-28-21(26)20(22(27)29-5-2)24-19(15-9-7-6-8-10-15)17-13-16(23)11-12-18(17)30-14(3)25/h6-13,20H,4-5H2,1-3H3. The number of esters is 3. The molecule has 0 heterocycles. The molecule has 0 aliphatic heterocycles. The molecule has 2 aromatic carbocycles. The summed E-state index contributed by atoms with van der Waals surface area (Å²) < 4.78 is 15.3. The summed E-state index contributed by atoms with van der Waals surface area (Å²) in [6.07, 6.45) is 0. The number of rotatable bonds is 8. The van der Waals surface area contributed by atoms with Crippen LogP contribution in [-0.2, 0) is 23.9 Å². The molecule has 0 radical (unpaired) electrons. The SMILES string of the molecule is CCOC(=O)C(N=C(c1ccccc1)c1cc(Cl)ccc1OC(C)=O)C(=O)OCC. The van der Waals surface area contributed by atoms with Gasteiger partial charge in [0.2, 0.25) is 6.04 Å². The predicted octanol–water partition coefficient (Wildman–Crippen LogP) is 3.60. The molecular weight excluding hydrogens is 410 g/mol. The van der Waals surface area contributed by atoms with Crippen molar-refractivity contribution in [3.8, 4) is 5.75 Å². The molecule has 8 heteroatoms. The molecule has 0 fully saturated rings. The molecule has 158 valence electrons. The minimum absolute atomic E-state index is 0.0702. The van der Waals surface area contributed by atoms with Gasteiger partial charge in [-0.3, -0.25) is 9.79 Å². The molecule has 2 aromatic rings. The van der Waals surface area contributed by atoms with Crippen molar-refractivity contribution in [3.63, 3.8) is 0 Å². The lowest BCUT2D eigenvalue weighted by Gasteiger charge is -2.16. The normalized spacial score (nSPS) is 11.2. The van der Waals surface area contributed by atoms with E-state index < -0.39 is 23.9 Å². The Morgan fingerprint density at radius 2 is 1.57 bits per heavy atom. The van der Waals surface area contributed by atoms with E-state index in [0.29, 0.717) is 16.1 Å². The van der Waals surface area contributed by atoms with E-state index in [4.69, 9.17) is 25.8 Å². The molecule has 0 bridgehead atoms. The quantitative estimate of drug-likeness (QED) is 0.274. The van der Waals surface area contributed by atoms with Gasteiger partial charge in [-0.2, -0.15) is 0 Å². The minimum atomic E-state index is -1.55. The summed E-state index contributed by atoms with van der Waals surface area (Å²) in [6, 6.07) is 11.9. The van der Waals surface area contributed by atoms with Crippen molar-refractivity contribution in [2.45, 2.75) is 26.8 Å². The maximum Gasteiger partial charge on any atom is 0.342 e. The second kappa shape index (κ2) is 11.1. The van der Waals surface area contributed by atoms with Gasteiger partial charge in [-0.15, -0.1) is 0 Å². The lowest BCUT2D eigenvalue weighted by molar-refractivity contribution is -0.156. The third kappa shape index (κ3) is 6.15. The molecule has 2 rings (SSSR count). The van der Waals surface area contributed by atoms with Crippen LogP contribution in [0.2, 0.25) is 5.02 Å².